The number of amides is 1. The van der Waals surface area contributed by atoms with E-state index >= 15 is 0 Å². The second-order valence-corrected chi connectivity index (χ2v) is 6.76. The number of hydrogen-bond acceptors (Lipinski definition) is 9. The summed E-state index contributed by atoms with van der Waals surface area (Å²) < 4.78 is 13.5. The molecule has 27 heavy (non-hydrogen) atoms. The van der Waals surface area contributed by atoms with Gasteiger partial charge in [0.1, 0.15) is 11.0 Å². The summed E-state index contributed by atoms with van der Waals surface area (Å²) in [5, 5.41) is 2.84. The van der Waals surface area contributed by atoms with Gasteiger partial charge in [-0.05, 0) is 37.5 Å². The van der Waals surface area contributed by atoms with Crippen molar-refractivity contribution in [2.75, 3.05) is 25.1 Å². The second-order valence-electron chi connectivity index (χ2n) is 6.24. The molecule has 0 bridgehead atoms. The number of aromatic nitrogens is 5. The van der Waals surface area contributed by atoms with Crippen molar-refractivity contribution in [1.82, 2.24) is 29.0 Å². The van der Waals surface area contributed by atoms with Crippen LogP contribution in [-0.2, 0) is 6.54 Å². The van der Waals surface area contributed by atoms with Crippen molar-refractivity contribution in [3.63, 3.8) is 0 Å². The fourth-order valence-corrected chi connectivity index (χ4v) is 3.49. The number of nitrogens with zero attached hydrogens (tertiary/aromatic N) is 6. The lowest BCUT2D eigenvalue weighted by Crippen LogP contribution is -2.32. The molecule has 1 fully saturated rings. The number of nitrogens with one attached hydrogen (secondary N) is 1. The molecule has 2 aromatic heterocycles. The topological polar surface area (TPSA) is 106 Å². The van der Waals surface area contributed by atoms with E-state index in [1.54, 1.807) is 18.2 Å². The van der Waals surface area contributed by atoms with Crippen molar-refractivity contribution < 1.29 is 9.53 Å². The zero-order valence-electron chi connectivity index (χ0n) is 14.9. The summed E-state index contributed by atoms with van der Waals surface area (Å²) in [6.45, 7) is 2.02. The molecule has 1 aliphatic heterocycles. The smallest absolute Gasteiger partial charge is 0.321 e. The van der Waals surface area contributed by atoms with Crippen LogP contribution < -0.4 is 15.0 Å². The van der Waals surface area contributed by atoms with Gasteiger partial charge >= 0.3 is 6.01 Å². The molecule has 1 N–H and O–H groups in total. The predicted octanol–water partition coefficient (Wildman–Crippen LogP) is 1.81. The molecule has 1 aliphatic rings. The average Bonchev–Trinajstić information content (AvgIpc) is 3.20. The van der Waals surface area contributed by atoms with Gasteiger partial charge in [-0.2, -0.15) is 23.7 Å². The van der Waals surface area contributed by atoms with Crippen molar-refractivity contribution in [3.05, 3.63) is 29.6 Å². The van der Waals surface area contributed by atoms with Crippen LogP contribution in [0, 0.1) is 0 Å². The summed E-state index contributed by atoms with van der Waals surface area (Å²) >= 11 is 1.13. The lowest BCUT2D eigenvalue weighted by atomic mass is 10.1. The van der Waals surface area contributed by atoms with Gasteiger partial charge in [0.25, 0.3) is 5.91 Å². The Kier molecular flexibility index (Phi) is 5.05. The Labute approximate surface area is 160 Å². The Bertz CT molecular complexity index is 955. The Balaban J connectivity index is 1.48. The van der Waals surface area contributed by atoms with Crippen LogP contribution in [0.4, 0.5) is 5.95 Å². The van der Waals surface area contributed by atoms with Gasteiger partial charge in [-0.1, -0.05) is 0 Å². The Hall–Kier alpha value is -2.88. The highest BCUT2D eigenvalue weighted by molar-refractivity contribution is 7.00. The van der Waals surface area contributed by atoms with E-state index in [1.807, 2.05) is 0 Å². The van der Waals surface area contributed by atoms with Crippen molar-refractivity contribution in [2.45, 2.75) is 25.8 Å². The van der Waals surface area contributed by atoms with Gasteiger partial charge in [0.15, 0.2) is 5.82 Å². The van der Waals surface area contributed by atoms with E-state index in [2.05, 4.69) is 33.9 Å². The molecular weight excluding hydrogens is 366 g/mol. The van der Waals surface area contributed by atoms with Gasteiger partial charge < -0.3 is 15.0 Å². The standard InChI is InChI=1S/C17H19N7O2S/c1-26-17-20-14(19-16(21-17)24-7-3-2-4-8-24)10-18-15(25)11-5-6-12-13(9-11)23-27-22-12/h5-6,9H,2-4,7-8,10H2,1H3,(H,18,25). The highest BCUT2D eigenvalue weighted by atomic mass is 32.1. The largest absolute Gasteiger partial charge is 0.467 e. The van der Waals surface area contributed by atoms with Crippen molar-refractivity contribution in [2.24, 2.45) is 0 Å². The lowest BCUT2D eigenvalue weighted by molar-refractivity contribution is 0.0950. The second kappa shape index (κ2) is 7.78. The highest BCUT2D eigenvalue weighted by Crippen LogP contribution is 2.18. The molecule has 0 aliphatic carbocycles. The number of carbonyl (C=O) groups excluding carboxylic acids is 1. The van der Waals surface area contributed by atoms with Crippen LogP contribution in [-0.4, -0.2) is 49.8 Å². The van der Waals surface area contributed by atoms with Gasteiger partial charge in [0, 0.05) is 18.7 Å². The molecule has 4 rings (SSSR count). The molecule has 3 aromatic rings. The third-order valence-electron chi connectivity index (χ3n) is 4.39. The Morgan fingerprint density at radius 3 is 2.78 bits per heavy atom. The van der Waals surface area contributed by atoms with Crippen LogP contribution in [0.5, 0.6) is 6.01 Å². The molecule has 0 radical (unpaired) electrons. The fourth-order valence-electron chi connectivity index (χ4n) is 2.98. The molecule has 1 saturated heterocycles. The number of ether oxygens (including phenoxy) is 1. The first-order valence-corrected chi connectivity index (χ1v) is 9.50. The van der Waals surface area contributed by atoms with Gasteiger partial charge in [0.2, 0.25) is 5.95 Å². The molecule has 9 nitrogen and oxygen atoms in total. The maximum atomic E-state index is 12.5. The molecule has 0 unspecified atom stereocenters. The molecule has 140 valence electrons. The zero-order valence-corrected chi connectivity index (χ0v) is 15.7. The SMILES string of the molecule is COc1nc(CNC(=O)c2ccc3nsnc3c2)nc(N2CCCCC2)n1. The summed E-state index contributed by atoms with van der Waals surface area (Å²) in [5.74, 6) is 0.844. The third kappa shape index (κ3) is 3.95. The minimum absolute atomic E-state index is 0.186. The average molecular weight is 385 g/mol. The summed E-state index contributed by atoms with van der Waals surface area (Å²) in [7, 11) is 1.52. The molecule has 10 heteroatoms. The van der Waals surface area contributed by atoms with E-state index in [9.17, 15) is 4.79 Å². The van der Waals surface area contributed by atoms with Crippen LogP contribution in [0.15, 0.2) is 18.2 Å². The van der Waals surface area contributed by atoms with Crippen LogP contribution in [0.2, 0.25) is 0 Å². The summed E-state index contributed by atoms with van der Waals surface area (Å²) in [6.07, 6.45) is 3.46. The quantitative estimate of drug-likeness (QED) is 0.709. The molecule has 3 heterocycles. The summed E-state index contributed by atoms with van der Waals surface area (Å²) in [6, 6.07) is 5.49. The van der Waals surface area contributed by atoms with Crippen LogP contribution in [0.25, 0.3) is 11.0 Å². The number of anilines is 1. The first-order valence-electron chi connectivity index (χ1n) is 8.77. The van der Waals surface area contributed by atoms with E-state index in [-0.39, 0.29) is 18.5 Å². The van der Waals surface area contributed by atoms with E-state index in [0.29, 0.717) is 22.9 Å². The van der Waals surface area contributed by atoms with E-state index < -0.39 is 0 Å². The van der Waals surface area contributed by atoms with E-state index in [4.69, 9.17) is 4.74 Å². The molecule has 0 atom stereocenters. The van der Waals surface area contributed by atoms with Crippen LogP contribution in [0.3, 0.4) is 0 Å². The van der Waals surface area contributed by atoms with E-state index in [0.717, 1.165) is 43.2 Å². The van der Waals surface area contributed by atoms with Crippen molar-refractivity contribution >= 4 is 34.6 Å². The molecule has 0 spiro atoms. The number of carbonyl (C=O) groups is 1. The maximum absolute atomic E-state index is 12.5. The summed E-state index contributed by atoms with van der Waals surface area (Å²) in [5.41, 5.74) is 2.01. The van der Waals surface area contributed by atoms with Crippen molar-refractivity contribution in [1.29, 1.82) is 0 Å². The van der Waals surface area contributed by atoms with Gasteiger partial charge in [0.05, 0.1) is 25.4 Å². The highest BCUT2D eigenvalue weighted by Gasteiger charge is 2.17. The van der Waals surface area contributed by atoms with Gasteiger partial charge in [-0.3, -0.25) is 4.79 Å². The molecule has 1 aromatic carbocycles. The normalized spacial score (nSPS) is 14.3. The summed E-state index contributed by atoms with van der Waals surface area (Å²) in [4.78, 5) is 27.7. The maximum Gasteiger partial charge on any atom is 0.321 e. The van der Waals surface area contributed by atoms with E-state index in [1.165, 1.54) is 13.5 Å². The minimum Gasteiger partial charge on any atom is -0.467 e. The Morgan fingerprint density at radius 2 is 1.96 bits per heavy atom. The van der Waals surface area contributed by atoms with Crippen LogP contribution >= 0.6 is 11.7 Å². The van der Waals surface area contributed by atoms with Crippen LogP contribution in [0.1, 0.15) is 35.4 Å². The Morgan fingerprint density at radius 1 is 1.15 bits per heavy atom. The van der Waals surface area contributed by atoms with Gasteiger partial charge in [-0.25, -0.2) is 0 Å². The molecule has 0 saturated carbocycles. The lowest BCUT2D eigenvalue weighted by Gasteiger charge is -2.26. The number of rotatable bonds is 5. The zero-order chi connectivity index (χ0) is 18.6. The van der Waals surface area contributed by atoms with Gasteiger partial charge in [-0.15, -0.1) is 0 Å². The number of piperidine rings is 1. The number of benzene rings is 1. The number of hydrogen-bond donors (Lipinski definition) is 1. The monoisotopic (exact) mass is 385 g/mol. The number of methoxy groups -OCH3 is 1. The predicted molar refractivity (Wildman–Crippen MR) is 101 cm³/mol. The minimum atomic E-state index is -0.219. The number of fused-ring (bicyclic) bond motifs is 1. The fraction of sp³-hybridized carbons (Fsp3) is 0.412. The third-order valence-corrected chi connectivity index (χ3v) is 4.95. The molecule has 1 amide bonds. The molecular formula is C17H19N7O2S. The first-order chi connectivity index (χ1) is 13.2. The van der Waals surface area contributed by atoms with Crippen molar-refractivity contribution in [3.8, 4) is 6.01 Å². The first kappa shape index (κ1) is 17.5.